The molecule has 23 heavy (non-hydrogen) atoms. The summed E-state index contributed by atoms with van der Waals surface area (Å²) in [4.78, 5) is 12.0. The predicted molar refractivity (Wildman–Crippen MR) is 91.2 cm³/mol. The fourth-order valence-corrected chi connectivity index (χ4v) is 3.22. The monoisotopic (exact) mass is 332 g/mol. The van der Waals surface area contributed by atoms with Gasteiger partial charge < -0.3 is 5.32 Å². The van der Waals surface area contributed by atoms with Crippen LogP contribution in [0.5, 0.6) is 0 Å². The van der Waals surface area contributed by atoms with E-state index in [-0.39, 0.29) is 22.1 Å². The maximum Gasteiger partial charge on any atom is 0.261 e. The molecule has 0 aliphatic rings. The Morgan fingerprint density at radius 3 is 2.17 bits per heavy atom. The maximum absolute atomic E-state index is 12.5. The van der Waals surface area contributed by atoms with Crippen molar-refractivity contribution in [3.63, 3.8) is 0 Å². The molecule has 0 aliphatic heterocycles. The lowest BCUT2D eigenvalue weighted by molar-refractivity contribution is 0.0964. The van der Waals surface area contributed by atoms with Crippen LogP contribution in [0, 0.1) is 0 Å². The molecule has 6 heteroatoms. The van der Waals surface area contributed by atoms with Gasteiger partial charge in [-0.3, -0.25) is 9.52 Å². The molecule has 122 valence electrons. The summed E-state index contributed by atoms with van der Waals surface area (Å²) in [5.41, 5.74) is 1.59. The number of hydrogen-bond acceptors (Lipinski definition) is 3. The Bertz CT molecular complexity index is 797. The summed E-state index contributed by atoms with van der Waals surface area (Å²) < 4.78 is 27.5. The van der Waals surface area contributed by atoms with Crippen LogP contribution in [0.15, 0.2) is 53.4 Å². The Balaban J connectivity index is 2.34. The zero-order chi connectivity index (χ0) is 17.0. The van der Waals surface area contributed by atoms with Gasteiger partial charge in [0.15, 0.2) is 0 Å². The summed E-state index contributed by atoms with van der Waals surface area (Å²) in [5, 5.41) is 2.49. The lowest BCUT2D eigenvalue weighted by Gasteiger charge is -2.12. The van der Waals surface area contributed by atoms with Gasteiger partial charge in [0.25, 0.3) is 15.9 Å². The predicted octanol–water partition coefficient (Wildman–Crippen LogP) is 2.97. The molecule has 2 aromatic rings. The van der Waals surface area contributed by atoms with Crippen molar-refractivity contribution >= 4 is 21.6 Å². The highest BCUT2D eigenvalue weighted by Crippen LogP contribution is 2.22. The molecule has 0 fully saturated rings. The Hall–Kier alpha value is -2.34. The van der Waals surface area contributed by atoms with Crippen LogP contribution < -0.4 is 10.0 Å². The fourth-order valence-electron chi connectivity index (χ4n) is 2.14. The highest BCUT2D eigenvalue weighted by Gasteiger charge is 2.18. The van der Waals surface area contributed by atoms with Crippen molar-refractivity contribution in [3.05, 3.63) is 59.7 Å². The summed E-state index contributed by atoms with van der Waals surface area (Å²) >= 11 is 0. The van der Waals surface area contributed by atoms with Gasteiger partial charge in [-0.2, -0.15) is 0 Å². The van der Waals surface area contributed by atoms with Gasteiger partial charge in [-0.05, 0) is 35.7 Å². The first-order chi connectivity index (χ1) is 10.8. The van der Waals surface area contributed by atoms with Crippen LogP contribution in [0.25, 0.3) is 0 Å². The molecule has 0 saturated heterocycles. The second kappa shape index (κ2) is 6.83. The van der Waals surface area contributed by atoms with E-state index < -0.39 is 10.0 Å². The number of carbonyl (C=O) groups is 1. The summed E-state index contributed by atoms with van der Waals surface area (Å²) in [6.07, 6.45) is 0. The highest BCUT2D eigenvalue weighted by molar-refractivity contribution is 7.92. The van der Waals surface area contributed by atoms with Gasteiger partial charge >= 0.3 is 0 Å². The molecule has 1 amide bonds. The molecule has 2 N–H and O–H groups in total. The molecule has 5 nitrogen and oxygen atoms in total. The molecule has 2 aromatic carbocycles. The average Bonchev–Trinajstić information content (AvgIpc) is 2.54. The molecule has 0 aromatic heterocycles. The Morgan fingerprint density at radius 2 is 1.61 bits per heavy atom. The van der Waals surface area contributed by atoms with Crippen molar-refractivity contribution in [1.29, 1.82) is 0 Å². The number of anilines is 1. The van der Waals surface area contributed by atoms with Crippen LogP contribution in [-0.4, -0.2) is 21.4 Å². The molecular formula is C17H20N2O3S. The Kier molecular flexibility index (Phi) is 5.05. The van der Waals surface area contributed by atoms with Crippen molar-refractivity contribution in [2.24, 2.45) is 0 Å². The van der Waals surface area contributed by atoms with Crippen LogP contribution >= 0.6 is 0 Å². The number of hydrogen-bond donors (Lipinski definition) is 2. The minimum Gasteiger partial charge on any atom is -0.355 e. The summed E-state index contributed by atoms with van der Waals surface area (Å²) in [7, 11) is -2.25. The first-order valence-electron chi connectivity index (χ1n) is 7.29. The average molecular weight is 332 g/mol. The summed E-state index contributed by atoms with van der Waals surface area (Å²) in [5.74, 6) is -0.0212. The Labute approximate surface area is 136 Å². The highest BCUT2D eigenvalue weighted by atomic mass is 32.2. The number of para-hydroxylation sites is 1. The van der Waals surface area contributed by atoms with Gasteiger partial charge in [0.2, 0.25) is 0 Å². The quantitative estimate of drug-likeness (QED) is 0.884. The van der Waals surface area contributed by atoms with Crippen LogP contribution in [0.4, 0.5) is 5.69 Å². The topological polar surface area (TPSA) is 75.3 Å². The number of amides is 1. The van der Waals surface area contributed by atoms with Gasteiger partial charge in [0, 0.05) is 7.05 Å². The van der Waals surface area contributed by atoms with Gasteiger partial charge in [-0.25, -0.2) is 8.42 Å². The molecule has 0 bridgehead atoms. The van der Waals surface area contributed by atoms with Crippen LogP contribution in [0.3, 0.4) is 0 Å². The maximum atomic E-state index is 12.5. The largest absolute Gasteiger partial charge is 0.355 e. The second-order valence-electron chi connectivity index (χ2n) is 5.45. The number of nitrogens with one attached hydrogen (secondary N) is 2. The lowest BCUT2D eigenvalue weighted by Crippen LogP contribution is -2.21. The SMILES string of the molecule is CNC(=O)c1ccccc1NS(=O)(=O)c1ccc(C(C)C)cc1. The van der Waals surface area contributed by atoms with E-state index in [1.54, 1.807) is 48.5 Å². The smallest absolute Gasteiger partial charge is 0.261 e. The second-order valence-corrected chi connectivity index (χ2v) is 7.14. The third kappa shape index (κ3) is 3.90. The van der Waals surface area contributed by atoms with Crippen molar-refractivity contribution < 1.29 is 13.2 Å². The van der Waals surface area contributed by atoms with E-state index >= 15 is 0 Å². The van der Waals surface area contributed by atoms with Gasteiger partial charge in [-0.15, -0.1) is 0 Å². The molecule has 2 rings (SSSR count). The third-order valence-corrected chi connectivity index (χ3v) is 4.88. The summed E-state index contributed by atoms with van der Waals surface area (Å²) in [6.45, 7) is 4.09. The van der Waals surface area contributed by atoms with E-state index in [1.165, 1.54) is 7.05 Å². The van der Waals surface area contributed by atoms with Crippen molar-refractivity contribution in [3.8, 4) is 0 Å². The molecule has 0 aliphatic carbocycles. The van der Waals surface area contributed by atoms with E-state index in [9.17, 15) is 13.2 Å². The van der Waals surface area contributed by atoms with E-state index in [4.69, 9.17) is 0 Å². The molecule has 0 spiro atoms. The van der Waals surface area contributed by atoms with Crippen molar-refractivity contribution in [2.45, 2.75) is 24.7 Å². The normalized spacial score (nSPS) is 11.3. The summed E-state index contributed by atoms with van der Waals surface area (Å²) in [6, 6.07) is 13.2. The van der Waals surface area contributed by atoms with Gasteiger partial charge in [0.1, 0.15) is 0 Å². The molecule has 0 saturated carbocycles. The van der Waals surface area contributed by atoms with E-state index in [0.717, 1.165) is 5.56 Å². The van der Waals surface area contributed by atoms with Crippen molar-refractivity contribution in [2.75, 3.05) is 11.8 Å². The molecular weight excluding hydrogens is 312 g/mol. The first kappa shape index (κ1) is 17.0. The minimum absolute atomic E-state index is 0.161. The standard InChI is InChI=1S/C17H20N2O3S/c1-12(2)13-8-10-14(11-9-13)23(21,22)19-16-7-5-4-6-15(16)17(20)18-3/h4-12,19H,1-3H3,(H,18,20). The third-order valence-electron chi connectivity index (χ3n) is 3.50. The molecule has 0 radical (unpaired) electrons. The van der Waals surface area contributed by atoms with Gasteiger partial charge in [0.05, 0.1) is 16.1 Å². The number of sulfonamides is 1. The molecule has 0 heterocycles. The minimum atomic E-state index is -3.75. The number of rotatable bonds is 5. The van der Waals surface area contributed by atoms with E-state index in [0.29, 0.717) is 5.92 Å². The number of carbonyl (C=O) groups excluding carboxylic acids is 1. The molecule has 0 unspecified atom stereocenters. The van der Waals surface area contributed by atoms with Crippen LogP contribution in [0.1, 0.15) is 35.7 Å². The van der Waals surface area contributed by atoms with Gasteiger partial charge in [-0.1, -0.05) is 38.1 Å². The zero-order valence-corrected chi connectivity index (χ0v) is 14.1. The fraction of sp³-hybridized carbons (Fsp3) is 0.235. The zero-order valence-electron chi connectivity index (χ0n) is 13.3. The first-order valence-corrected chi connectivity index (χ1v) is 8.77. The van der Waals surface area contributed by atoms with Crippen LogP contribution in [0.2, 0.25) is 0 Å². The van der Waals surface area contributed by atoms with Crippen LogP contribution in [-0.2, 0) is 10.0 Å². The van der Waals surface area contributed by atoms with E-state index in [1.807, 2.05) is 13.8 Å². The lowest BCUT2D eigenvalue weighted by atomic mass is 10.0. The van der Waals surface area contributed by atoms with Crippen molar-refractivity contribution in [1.82, 2.24) is 5.32 Å². The number of benzene rings is 2. The molecule has 0 atom stereocenters. The Morgan fingerprint density at radius 1 is 1.00 bits per heavy atom. The van der Waals surface area contributed by atoms with E-state index in [2.05, 4.69) is 10.0 Å².